The van der Waals surface area contributed by atoms with Crippen LogP contribution in [0.2, 0.25) is 0 Å². The van der Waals surface area contributed by atoms with Crippen LogP contribution in [0.15, 0.2) is 42.0 Å². The summed E-state index contributed by atoms with van der Waals surface area (Å²) in [5.74, 6) is 0. The second-order valence-corrected chi connectivity index (χ2v) is 5.45. The number of unbranched alkanes of at least 4 members (excludes halogenated alkanes) is 3. The van der Waals surface area contributed by atoms with Gasteiger partial charge in [-0.15, -0.1) is 0 Å². The second kappa shape index (κ2) is 10.8. The Hall–Kier alpha value is -1.04. The molecule has 1 aromatic carbocycles. The molecule has 0 heterocycles. The highest BCUT2D eigenvalue weighted by atomic mass is 14.0. The van der Waals surface area contributed by atoms with Crippen molar-refractivity contribution in [2.45, 2.75) is 71.6 Å². The summed E-state index contributed by atoms with van der Waals surface area (Å²) in [5, 5.41) is 0. The molecule has 0 saturated heterocycles. The minimum Gasteiger partial charge on any atom is -0.0853 e. The predicted octanol–water partition coefficient (Wildman–Crippen LogP) is 6.32. The zero-order valence-electron chi connectivity index (χ0n) is 12.8. The van der Waals surface area contributed by atoms with Gasteiger partial charge in [-0.05, 0) is 44.1 Å². The van der Waals surface area contributed by atoms with Crippen LogP contribution in [-0.4, -0.2) is 0 Å². The molecule has 106 valence electrons. The minimum atomic E-state index is 1.22. The lowest BCUT2D eigenvalue weighted by Crippen LogP contribution is -1.90. The van der Waals surface area contributed by atoms with Crippen LogP contribution in [0, 0.1) is 0 Å². The Bertz CT molecular complexity index is 334. The second-order valence-electron chi connectivity index (χ2n) is 5.45. The van der Waals surface area contributed by atoms with Gasteiger partial charge in [0.15, 0.2) is 0 Å². The van der Waals surface area contributed by atoms with E-state index in [0.717, 1.165) is 0 Å². The van der Waals surface area contributed by atoms with Crippen molar-refractivity contribution in [2.24, 2.45) is 0 Å². The maximum Gasteiger partial charge on any atom is -0.0276 e. The van der Waals surface area contributed by atoms with Crippen LogP contribution in [0.1, 0.15) is 70.8 Å². The van der Waals surface area contributed by atoms with Crippen LogP contribution in [0.5, 0.6) is 0 Å². The summed E-state index contributed by atoms with van der Waals surface area (Å²) in [6.07, 6.45) is 14.2. The number of rotatable bonds is 10. The predicted molar refractivity (Wildman–Crippen MR) is 86.5 cm³/mol. The van der Waals surface area contributed by atoms with Crippen LogP contribution in [0.4, 0.5) is 0 Å². The molecule has 0 aromatic heterocycles. The lowest BCUT2D eigenvalue weighted by molar-refractivity contribution is 0.709. The molecule has 0 aliphatic heterocycles. The van der Waals surface area contributed by atoms with Gasteiger partial charge in [0.05, 0.1) is 0 Å². The molecule has 0 N–H and O–H groups in total. The van der Waals surface area contributed by atoms with Crippen LogP contribution >= 0.6 is 0 Å². The maximum atomic E-state index is 2.52. The minimum absolute atomic E-state index is 1.22. The van der Waals surface area contributed by atoms with Gasteiger partial charge < -0.3 is 0 Å². The maximum absolute atomic E-state index is 2.52. The average molecular weight is 258 g/mol. The third-order valence-electron chi connectivity index (χ3n) is 3.65. The average Bonchev–Trinajstić information content (AvgIpc) is 2.45. The lowest BCUT2D eigenvalue weighted by Gasteiger charge is -2.07. The highest BCUT2D eigenvalue weighted by Crippen LogP contribution is 2.17. The molecule has 0 fully saturated rings. The van der Waals surface area contributed by atoms with E-state index < -0.39 is 0 Å². The molecule has 0 bridgehead atoms. The molecule has 0 nitrogen and oxygen atoms in total. The summed E-state index contributed by atoms with van der Waals surface area (Å²) in [6, 6.07) is 10.9. The third kappa shape index (κ3) is 7.87. The van der Waals surface area contributed by atoms with Gasteiger partial charge >= 0.3 is 0 Å². The summed E-state index contributed by atoms with van der Waals surface area (Å²) in [7, 11) is 0. The van der Waals surface area contributed by atoms with Crippen molar-refractivity contribution >= 4 is 0 Å². The van der Waals surface area contributed by atoms with Crippen molar-refractivity contribution in [1.29, 1.82) is 0 Å². The molecule has 0 unspecified atom stereocenters. The first-order valence-corrected chi connectivity index (χ1v) is 8.08. The van der Waals surface area contributed by atoms with Gasteiger partial charge in [-0.25, -0.2) is 0 Å². The van der Waals surface area contributed by atoms with Crippen molar-refractivity contribution in [3.05, 3.63) is 47.5 Å². The molecule has 0 radical (unpaired) electrons. The van der Waals surface area contributed by atoms with E-state index in [1.54, 1.807) is 5.57 Å². The fourth-order valence-corrected chi connectivity index (χ4v) is 2.41. The monoisotopic (exact) mass is 258 g/mol. The van der Waals surface area contributed by atoms with E-state index in [0.29, 0.717) is 0 Å². The van der Waals surface area contributed by atoms with Crippen LogP contribution in [0.25, 0.3) is 0 Å². The van der Waals surface area contributed by atoms with E-state index in [9.17, 15) is 0 Å². The van der Waals surface area contributed by atoms with Crippen molar-refractivity contribution in [3.8, 4) is 0 Å². The van der Waals surface area contributed by atoms with E-state index >= 15 is 0 Å². The van der Waals surface area contributed by atoms with E-state index in [4.69, 9.17) is 0 Å². The first-order valence-electron chi connectivity index (χ1n) is 8.08. The Morgan fingerprint density at radius 3 is 2.26 bits per heavy atom. The smallest absolute Gasteiger partial charge is 0.0276 e. The van der Waals surface area contributed by atoms with Gasteiger partial charge in [-0.1, -0.05) is 75.1 Å². The first-order chi connectivity index (χ1) is 9.36. The topological polar surface area (TPSA) is 0 Å². The first kappa shape index (κ1) is 16.0. The number of hydrogen-bond donors (Lipinski definition) is 0. The normalized spacial score (nSPS) is 11.8. The van der Waals surface area contributed by atoms with E-state index in [1.807, 2.05) is 0 Å². The molecule has 1 rings (SSSR count). The molecule has 0 saturated carbocycles. The van der Waals surface area contributed by atoms with Gasteiger partial charge in [-0.2, -0.15) is 0 Å². The van der Waals surface area contributed by atoms with Crippen LogP contribution in [0.3, 0.4) is 0 Å². The molecule has 19 heavy (non-hydrogen) atoms. The number of allylic oxidation sites excluding steroid dienone is 2. The molecule has 0 aliphatic rings. The molecular formula is C19H30. The fourth-order valence-electron chi connectivity index (χ4n) is 2.41. The van der Waals surface area contributed by atoms with Crippen molar-refractivity contribution in [2.75, 3.05) is 0 Å². The van der Waals surface area contributed by atoms with Gasteiger partial charge in [0.2, 0.25) is 0 Å². The van der Waals surface area contributed by atoms with Crippen molar-refractivity contribution < 1.29 is 0 Å². The van der Waals surface area contributed by atoms with Crippen LogP contribution in [-0.2, 0) is 6.42 Å². The Labute approximate surface area is 119 Å². The largest absolute Gasteiger partial charge is 0.0853 e. The van der Waals surface area contributed by atoms with Gasteiger partial charge in [0.25, 0.3) is 0 Å². The quantitative estimate of drug-likeness (QED) is 0.340. The third-order valence-corrected chi connectivity index (χ3v) is 3.65. The van der Waals surface area contributed by atoms with Crippen LogP contribution < -0.4 is 0 Å². The Morgan fingerprint density at radius 1 is 0.895 bits per heavy atom. The number of hydrogen-bond acceptors (Lipinski definition) is 0. The molecule has 0 spiro atoms. The number of benzene rings is 1. The zero-order valence-corrected chi connectivity index (χ0v) is 12.8. The Balaban J connectivity index is 2.32. The highest BCUT2D eigenvalue weighted by molar-refractivity contribution is 5.15. The van der Waals surface area contributed by atoms with E-state index in [-0.39, 0.29) is 0 Å². The van der Waals surface area contributed by atoms with Gasteiger partial charge in [0, 0.05) is 0 Å². The standard InChI is InChI=1S/C19H30/c1-3-5-8-13-18(12-6-4-2)16-11-17-19-14-9-7-10-15-19/h7,9-10,13-15H,3-6,8,11-12,16-17H2,1-2H3/b18-13+. The van der Waals surface area contributed by atoms with E-state index in [1.165, 1.54) is 63.4 Å². The summed E-state index contributed by atoms with van der Waals surface area (Å²) in [4.78, 5) is 0. The van der Waals surface area contributed by atoms with E-state index in [2.05, 4.69) is 50.3 Å². The van der Waals surface area contributed by atoms with Gasteiger partial charge in [0.1, 0.15) is 0 Å². The Morgan fingerprint density at radius 2 is 1.58 bits per heavy atom. The summed E-state index contributed by atoms with van der Waals surface area (Å²) in [5.41, 5.74) is 3.18. The number of aryl methyl sites for hydroxylation is 1. The molecule has 0 aliphatic carbocycles. The summed E-state index contributed by atoms with van der Waals surface area (Å²) >= 11 is 0. The zero-order chi connectivity index (χ0) is 13.8. The fraction of sp³-hybridized carbons (Fsp3) is 0.579. The molecular weight excluding hydrogens is 228 g/mol. The van der Waals surface area contributed by atoms with Crippen molar-refractivity contribution in [3.63, 3.8) is 0 Å². The molecule has 0 atom stereocenters. The summed E-state index contributed by atoms with van der Waals surface area (Å²) in [6.45, 7) is 4.56. The molecule has 0 heteroatoms. The van der Waals surface area contributed by atoms with Gasteiger partial charge in [-0.3, -0.25) is 0 Å². The lowest BCUT2D eigenvalue weighted by atomic mass is 9.99. The highest BCUT2D eigenvalue weighted by Gasteiger charge is 1.99. The molecule has 1 aromatic rings. The summed E-state index contributed by atoms with van der Waals surface area (Å²) < 4.78 is 0. The van der Waals surface area contributed by atoms with Crippen molar-refractivity contribution in [1.82, 2.24) is 0 Å². The SMILES string of the molecule is CCCC/C=C(\CCCC)CCCc1ccccc1. The molecule has 0 amide bonds. The Kier molecular flexibility index (Phi) is 9.14.